The normalized spacial score (nSPS) is 14.9. The number of hydrogen-bond donors (Lipinski definition) is 0. The van der Waals surface area contributed by atoms with E-state index in [1.165, 1.54) is 11.4 Å². The highest BCUT2D eigenvalue weighted by atomic mass is 16.5. The summed E-state index contributed by atoms with van der Waals surface area (Å²) in [6, 6.07) is 12.6. The molecular weight excluding hydrogens is 388 g/mol. The molecule has 0 aliphatic carbocycles. The zero-order chi connectivity index (χ0) is 21.8. The minimum absolute atomic E-state index is 0.228. The fourth-order valence-corrected chi connectivity index (χ4v) is 4.16. The molecule has 0 N–H and O–H groups in total. The minimum Gasteiger partial charge on any atom is -0.494 e. The molecule has 31 heavy (non-hydrogen) atoms. The van der Waals surface area contributed by atoms with E-state index in [-0.39, 0.29) is 5.82 Å². The van der Waals surface area contributed by atoms with Crippen molar-refractivity contribution in [1.29, 1.82) is 5.26 Å². The zero-order valence-corrected chi connectivity index (χ0v) is 18.6. The fourth-order valence-electron chi connectivity index (χ4n) is 4.16. The number of ether oxygens (including phenoxy) is 1. The molecule has 1 aromatic carbocycles. The zero-order valence-electron chi connectivity index (χ0n) is 18.6. The largest absolute Gasteiger partial charge is 0.494 e. The molecule has 0 spiro atoms. The van der Waals surface area contributed by atoms with Crippen molar-refractivity contribution in [3.8, 4) is 11.8 Å². The van der Waals surface area contributed by atoms with E-state index >= 15 is 0 Å². The number of anilines is 1. The monoisotopic (exact) mass is 418 g/mol. The van der Waals surface area contributed by atoms with Crippen molar-refractivity contribution in [3.05, 3.63) is 48.0 Å². The molecule has 1 fully saturated rings. The lowest BCUT2D eigenvalue weighted by Crippen LogP contribution is -2.46. The van der Waals surface area contributed by atoms with Gasteiger partial charge >= 0.3 is 0 Å². The van der Waals surface area contributed by atoms with E-state index < -0.39 is 0 Å². The molecule has 1 saturated heterocycles. The van der Waals surface area contributed by atoms with Gasteiger partial charge in [0.1, 0.15) is 17.5 Å². The Morgan fingerprint density at radius 2 is 1.87 bits per heavy atom. The Morgan fingerprint density at radius 3 is 2.52 bits per heavy atom. The van der Waals surface area contributed by atoms with Crippen molar-refractivity contribution >= 4 is 16.7 Å². The van der Waals surface area contributed by atoms with Crippen LogP contribution < -0.4 is 9.64 Å². The van der Waals surface area contributed by atoms with Crippen molar-refractivity contribution in [2.45, 2.75) is 33.9 Å². The van der Waals surface area contributed by atoms with Crippen LogP contribution in [0.25, 0.3) is 11.0 Å². The summed E-state index contributed by atoms with van der Waals surface area (Å²) in [5, 5.41) is 10.2. The summed E-state index contributed by atoms with van der Waals surface area (Å²) in [5.74, 6) is 1.64. The Labute approximate surface area is 183 Å². The first-order chi connectivity index (χ1) is 15.1. The van der Waals surface area contributed by atoms with Crippen LogP contribution >= 0.6 is 0 Å². The fraction of sp³-hybridized carbons (Fsp3) is 0.458. The van der Waals surface area contributed by atoms with Gasteiger partial charge in [0.25, 0.3) is 0 Å². The summed E-state index contributed by atoms with van der Waals surface area (Å²) >= 11 is 0. The van der Waals surface area contributed by atoms with Crippen LogP contribution in [-0.4, -0.2) is 52.2 Å². The molecular formula is C24H30N6O. The van der Waals surface area contributed by atoms with Crippen LogP contribution in [0, 0.1) is 17.2 Å². The molecule has 1 aliphatic rings. The van der Waals surface area contributed by atoms with E-state index in [2.05, 4.69) is 62.5 Å². The predicted molar refractivity (Wildman–Crippen MR) is 122 cm³/mol. The lowest BCUT2D eigenvalue weighted by Gasteiger charge is -2.36. The molecule has 3 aromatic rings. The van der Waals surface area contributed by atoms with Crippen LogP contribution in [0.5, 0.6) is 5.75 Å². The average Bonchev–Trinajstić information content (AvgIpc) is 3.10. The summed E-state index contributed by atoms with van der Waals surface area (Å²) < 4.78 is 7.82. The summed E-state index contributed by atoms with van der Waals surface area (Å²) in [4.78, 5) is 13.6. The third-order valence-corrected chi connectivity index (χ3v) is 5.64. The van der Waals surface area contributed by atoms with Crippen LogP contribution in [0.2, 0.25) is 0 Å². The Hall–Kier alpha value is -3.11. The number of aromatic nitrogens is 3. The summed E-state index contributed by atoms with van der Waals surface area (Å²) in [5.41, 5.74) is 3.35. The Bertz CT molecular complexity index is 1060. The maximum atomic E-state index is 9.19. The van der Waals surface area contributed by atoms with Gasteiger partial charge in [-0.3, -0.25) is 4.90 Å². The number of piperazine rings is 1. The van der Waals surface area contributed by atoms with Crippen LogP contribution in [-0.2, 0) is 13.1 Å². The first-order valence-corrected chi connectivity index (χ1v) is 11.0. The maximum Gasteiger partial charge on any atom is 0.234 e. The van der Waals surface area contributed by atoms with E-state index in [0.29, 0.717) is 12.5 Å². The quantitative estimate of drug-likeness (QED) is 0.583. The van der Waals surface area contributed by atoms with Gasteiger partial charge in [-0.1, -0.05) is 13.8 Å². The molecule has 0 unspecified atom stereocenters. The smallest absolute Gasteiger partial charge is 0.234 e. The molecule has 7 nitrogen and oxygen atoms in total. The number of hydrogen-bond acceptors (Lipinski definition) is 6. The van der Waals surface area contributed by atoms with E-state index in [1.807, 2.05) is 19.1 Å². The molecule has 3 heterocycles. The van der Waals surface area contributed by atoms with Gasteiger partial charge in [-0.2, -0.15) is 5.26 Å². The van der Waals surface area contributed by atoms with Gasteiger partial charge in [0, 0.05) is 62.2 Å². The van der Waals surface area contributed by atoms with Gasteiger partial charge in [0.15, 0.2) is 0 Å². The highest BCUT2D eigenvalue weighted by Gasteiger charge is 2.20. The number of fused-ring (bicyclic) bond motifs is 1. The second-order valence-corrected chi connectivity index (χ2v) is 8.41. The summed E-state index contributed by atoms with van der Waals surface area (Å²) in [6.45, 7) is 12.9. The van der Waals surface area contributed by atoms with Crippen molar-refractivity contribution < 1.29 is 4.74 Å². The van der Waals surface area contributed by atoms with Crippen molar-refractivity contribution in [3.63, 3.8) is 0 Å². The number of nitrogens with zero attached hydrogens (tertiary/aromatic N) is 6. The molecule has 0 bridgehead atoms. The molecule has 4 rings (SSSR count). The SMILES string of the molecule is CCOc1ccc(N2CCN(Cc3cc4cnc(C#N)nc4n3CC(C)C)CC2)cc1. The van der Waals surface area contributed by atoms with Gasteiger partial charge in [-0.05, 0) is 43.2 Å². The second-order valence-electron chi connectivity index (χ2n) is 8.41. The van der Waals surface area contributed by atoms with E-state index in [1.54, 1.807) is 6.20 Å². The highest BCUT2D eigenvalue weighted by molar-refractivity contribution is 5.77. The molecule has 7 heteroatoms. The average molecular weight is 419 g/mol. The van der Waals surface area contributed by atoms with Gasteiger partial charge < -0.3 is 14.2 Å². The van der Waals surface area contributed by atoms with E-state index in [4.69, 9.17) is 4.74 Å². The van der Waals surface area contributed by atoms with Crippen LogP contribution in [0.4, 0.5) is 5.69 Å². The molecule has 2 aromatic heterocycles. The van der Waals surface area contributed by atoms with Crippen LogP contribution in [0.3, 0.4) is 0 Å². The van der Waals surface area contributed by atoms with Gasteiger partial charge in [-0.25, -0.2) is 9.97 Å². The molecule has 0 amide bonds. The van der Waals surface area contributed by atoms with Crippen molar-refractivity contribution in [1.82, 2.24) is 19.4 Å². The van der Waals surface area contributed by atoms with Crippen LogP contribution in [0.1, 0.15) is 32.3 Å². The third kappa shape index (κ3) is 4.80. The molecule has 0 saturated carbocycles. The second kappa shape index (κ2) is 9.36. The molecule has 1 aliphatic heterocycles. The van der Waals surface area contributed by atoms with Gasteiger partial charge in [0.2, 0.25) is 5.82 Å². The summed E-state index contributed by atoms with van der Waals surface area (Å²) in [6.07, 6.45) is 1.77. The number of rotatable bonds is 7. The number of nitriles is 1. The van der Waals surface area contributed by atoms with Crippen molar-refractivity contribution in [2.75, 3.05) is 37.7 Å². The molecule has 0 atom stereocenters. The lowest BCUT2D eigenvalue weighted by atomic mass is 10.2. The van der Waals surface area contributed by atoms with Gasteiger partial charge in [-0.15, -0.1) is 0 Å². The van der Waals surface area contributed by atoms with Crippen LogP contribution in [0.15, 0.2) is 36.5 Å². The van der Waals surface area contributed by atoms with E-state index in [0.717, 1.165) is 56.1 Å². The first kappa shape index (κ1) is 21.1. The molecule has 162 valence electrons. The summed E-state index contributed by atoms with van der Waals surface area (Å²) in [7, 11) is 0. The predicted octanol–water partition coefficient (Wildman–Crippen LogP) is 3.68. The number of benzene rings is 1. The third-order valence-electron chi connectivity index (χ3n) is 5.64. The lowest BCUT2D eigenvalue weighted by molar-refractivity contribution is 0.243. The highest BCUT2D eigenvalue weighted by Crippen LogP contribution is 2.24. The van der Waals surface area contributed by atoms with E-state index in [9.17, 15) is 5.26 Å². The Balaban J connectivity index is 1.46. The Kier molecular flexibility index (Phi) is 6.38. The van der Waals surface area contributed by atoms with Crippen molar-refractivity contribution in [2.24, 2.45) is 5.92 Å². The topological polar surface area (TPSA) is 70.2 Å². The standard InChI is InChI=1S/C24H30N6O/c1-4-31-22-7-5-20(6-8-22)29-11-9-28(10-12-29)17-21-13-19-15-26-23(14-25)27-24(19)30(21)16-18(2)3/h5-8,13,15,18H,4,9-12,16-17H2,1-3H3. The van der Waals surface area contributed by atoms with Gasteiger partial charge in [0.05, 0.1) is 6.61 Å². The molecule has 0 radical (unpaired) electrons. The Morgan fingerprint density at radius 1 is 1.13 bits per heavy atom. The first-order valence-electron chi connectivity index (χ1n) is 11.0. The maximum absolute atomic E-state index is 9.19. The minimum atomic E-state index is 0.228.